The molecule has 2 saturated heterocycles. The fourth-order valence-corrected chi connectivity index (χ4v) is 4.77. The van der Waals surface area contributed by atoms with Crippen molar-refractivity contribution in [3.05, 3.63) is 0 Å². The van der Waals surface area contributed by atoms with Gasteiger partial charge < -0.3 is 19.9 Å². The molecule has 7 nitrogen and oxygen atoms in total. The molecule has 2 unspecified atom stereocenters. The number of likely N-dealkylation sites (tertiary alicyclic amines) is 1. The van der Waals surface area contributed by atoms with E-state index in [0.717, 1.165) is 38.6 Å². The fourth-order valence-electron chi connectivity index (χ4n) is 4.77. The van der Waals surface area contributed by atoms with Gasteiger partial charge in [-0.15, -0.1) is 0 Å². The molecule has 0 spiro atoms. The highest BCUT2D eigenvalue weighted by atomic mass is 16.5. The second-order valence-corrected chi connectivity index (χ2v) is 9.21. The molecular formula is C21H35N3O4. The van der Waals surface area contributed by atoms with E-state index < -0.39 is 5.41 Å². The largest absolute Gasteiger partial charge is 0.378 e. The lowest BCUT2D eigenvalue weighted by molar-refractivity contribution is -0.147. The Morgan fingerprint density at radius 2 is 1.79 bits per heavy atom. The van der Waals surface area contributed by atoms with E-state index in [-0.39, 0.29) is 41.8 Å². The highest BCUT2D eigenvalue weighted by Crippen LogP contribution is 2.37. The zero-order valence-corrected chi connectivity index (χ0v) is 17.7. The molecule has 1 N–H and O–H groups in total. The van der Waals surface area contributed by atoms with Crippen LogP contribution in [0.3, 0.4) is 0 Å². The van der Waals surface area contributed by atoms with Gasteiger partial charge in [0.2, 0.25) is 17.7 Å². The minimum atomic E-state index is -0.648. The first kappa shape index (κ1) is 21.1. The number of amides is 3. The average Bonchev–Trinajstić information content (AvgIpc) is 2.89. The number of hydrogen-bond donors (Lipinski definition) is 1. The normalized spacial score (nSPS) is 29.9. The lowest BCUT2D eigenvalue weighted by Crippen LogP contribution is -2.52. The zero-order chi connectivity index (χ0) is 20.5. The summed E-state index contributed by atoms with van der Waals surface area (Å²) in [5.41, 5.74) is -0.648. The molecule has 0 radical (unpaired) electrons. The molecule has 158 valence electrons. The molecule has 28 heavy (non-hydrogen) atoms. The maximum atomic E-state index is 13.3. The molecule has 7 heteroatoms. The van der Waals surface area contributed by atoms with Crippen LogP contribution in [0.15, 0.2) is 0 Å². The summed E-state index contributed by atoms with van der Waals surface area (Å²) in [6, 6.07) is 0.285. The van der Waals surface area contributed by atoms with Crippen LogP contribution in [-0.2, 0) is 19.1 Å². The van der Waals surface area contributed by atoms with Crippen LogP contribution in [0.2, 0.25) is 0 Å². The van der Waals surface area contributed by atoms with Crippen LogP contribution in [0.4, 0.5) is 0 Å². The summed E-state index contributed by atoms with van der Waals surface area (Å²) in [5.74, 6) is 0.271. The van der Waals surface area contributed by atoms with Gasteiger partial charge in [-0.3, -0.25) is 14.4 Å². The number of hydrogen-bond acceptors (Lipinski definition) is 4. The second-order valence-electron chi connectivity index (χ2n) is 9.21. The molecule has 2 atom stereocenters. The van der Waals surface area contributed by atoms with Crippen LogP contribution in [0, 0.1) is 11.3 Å². The van der Waals surface area contributed by atoms with Crippen molar-refractivity contribution in [1.82, 2.24) is 15.1 Å². The first-order valence-corrected chi connectivity index (χ1v) is 10.7. The van der Waals surface area contributed by atoms with Gasteiger partial charge in [-0.25, -0.2) is 0 Å². The monoisotopic (exact) mass is 393 g/mol. The van der Waals surface area contributed by atoms with E-state index in [4.69, 9.17) is 4.74 Å². The molecule has 1 aliphatic carbocycles. The lowest BCUT2D eigenvalue weighted by Gasteiger charge is -2.38. The Labute approximate surface area is 168 Å². The number of rotatable bonds is 6. The summed E-state index contributed by atoms with van der Waals surface area (Å²) >= 11 is 0. The van der Waals surface area contributed by atoms with Gasteiger partial charge >= 0.3 is 0 Å². The van der Waals surface area contributed by atoms with Crippen molar-refractivity contribution in [2.45, 2.75) is 78.0 Å². The predicted molar refractivity (Wildman–Crippen MR) is 105 cm³/mol. The molecule has 2 aliphatic heterocycles. The maximum absolute atomic E-state index is 13.3. The summed E-state index contributed by atoms with van der Waals surface area (Å²) in [5, 5.41) is 2.78. The third-order valence-corrected chi connectivity index (χ3v) is 6.53. The minimum Gasteiger partial charge on any atom is -0.378 e. The van der Waals surface area contributed by atoms with Crippen LogP contribution < -0.4 is 5.32 Å². The van der Waals surface area contributed by atoms with Gasteiger partial charge in [0.15, 0.2) is 0 Å². The Hall–Kier alpha value is -1.63. The van der Waals surface area contributed by atoms with Crippen LogP contribution in [0.5, 0.6) is 0 Å². The average molecular weight is 394 g/mol. The van der Waals surface area contributed by atoms with Gasteiger partial charge in [-0.05, 0) is 52.9 Å². The van der Waals surface area contributed by atoms with E-state index in [2.05, 4.69) is 5.32 Å². The Morgan fingerprint density at radius 1 is 1.11 bits per heavy atom. The molecule has 2 bridgehead atoms. The Morgan fingerprint density at radius 3 is 2.43 bits per heavy atom. The number of nitrogens with zero attached hydrogens (tertiary/aromatic N) is 2. The van der Waals surface area contributed by atoms with Crippen molar-refractivity contribution in [2.75, 3.05) is 26.2 Å². The molecule has 3 fully saturated rings. The van der Waals surface area contributed by atoms with Crippen molar-refractivity contribution < 1.29 is 19.1 Å². The first-order valence-electron chi connectivity index (χ1n) is 10.7. The van der Waals surface area contributed by atoms with Gasteiger partial charge in [-0.2, -0.15) is 0 Å². The van der Waals surface area contributed by atoms with Crippen LogP contribution in [-0.4, -0.2) is 72.0 Å². The summed E-state index contributed by atoms with van der Waals surface area (Å²) in [7, 11) is 0. The van der Waals surface area contributed by atoms with Crippen molar-refractivity contribution in [3.63, 3.8) is 0 Å². The van der Waals surface area contributed by atoms with Crippen LogP contribution >= 0.6 is 0 Å². The molecule has 2 heterocycles. The third-order valence-electron chi connectivity index (χ3n) is 6.53. The van der Waals surface area contributed by atoms with Crippen molar-refractivity contribution >= 4 is 17.7 Å². The van der Waals surface area contributed by atoms with E-state index in [1.165, 1.54) is 6.92 Å². The topological polar surface area (TPSA) is 79.0 Å². The zero-order valence-electron chi connectivity index (χ0n) is 17.7. The molecule has 0 aromatic rings. The third kappa shape index (κ3) is 4.34. The molecule has 1 saturated carbocycles. The highest BCUT2D eigenvalue weighted by Gasteiger charge is 2.46. The number of ether oxygens (including phenoxy) is 1. The molecule has 0 aromatic heterocycles. The smallest absolute Gasteiger partial charge is 0.230 e. The first-order chi connectivity index (χ1) is 13.2. The summed E-state index contributed by atoms with van der Waals surface area (Å²) in [6.45, 7) is 9.63. The standard InChI is InChI=1S/C21H35N3O4/c1-5-28-18-10-15(11-18)19(26)23-9-8-16-6-7-17(12-23)24(16)20(27)21(3,4)13-22-14(2)25/h15-18H,5-13H2,1-4H3,(H,22,25). The van der Waals surface area contributed by atoms with E-state index in [9.17, 15) is 14.4 Å². The highest BCUT2D eigenvalue weighted by molar-refractivity contribution is 5.84. The fraction of sp³-hybridized carbons (Fsp3) is 0.857. The SMILES string of the molecule is CCOC1CC(C(=O)N2CCC3CCC(C2)N3C(=O)C(C)(C)CNC(C)=O)C1. The van der Waals surface area contributed by atoms with Crippen molar-refractivity contribution in [3.8, 4) is 0 Å². The van der Waals surface area contributed by atoms with Gasteiger partial charge in [0.25, 0.3) is 0 Å². The summed E-state index contributed by atoms with van der Waals surface area (Å²) in [4.78, 5) is 41.5. The van der Waals surface area contributed by atoms with Gasteiger partial charge in [0, 0.05) is 51.2 Å². The Kier molecular flexibility index (Phi) is 6.32. The van der Waals surface area contributed by atoms with E-state index >= 15 is 0 Å². The predicted octanol–water partition coefficient (Wildman–Crippen LogP) is 1.56. The number of carbonyl (C=O) groups is 3. The maximum Gasteiger partial charge on any atom is 0.230 e. The summed E-state index contributed by atoms with van der Waals surface area (Å²) in [6.07, 6.45) is 4.67. The van der Waals surface area contributed by atoms with E-state index in [1.807, 2.05) is 30.6 Å². The molecular weight excluding hydrogens is 358 g/mol. The quantitative estimate of drug-likeness (QED) is 0.743. The number of nitrogens with one attached hydrogen (secondary N) is 1. The van der Waals surface area contributed by atoms with Gasteiger partial charge in [-0.1, -0.05) is 0 Å². The van der Waals surface area contributed by atoms with Gasteiger partial charge in [0.1, 0.15) is 0 Å². The van der Waals surface area contributed by atoms with Gasteiger partial charge in [0.05, 0.1) is 11.5 Å². The summed E-state index contributed by atoms with van der Waals surface area (Å²) < 4.78 is 5.59. The van der Waals surface area contributed by atoms with Crippen LogP contribution in [0.25, 0.3) is 0 Å². The number of carbonyl (C=O) groups excluding carboxylic acids is 3. The Balaban J connectivity index is 1.62. The molecule has 3 aliphatic rings. The van der Waals surface area contributed by atoms with Crippen molar-refractivity contribution in [1.29, 1.82) is 0 Å². The molecule has 3 amide bonds. The van der Waals surface area contributed by atoms with Crippen LogP contribution in [0.1, 0.15) is 59.8 Å². The van der Waals surface area contributed by atoms with Crippen molar-refractivity contribution in [2.24, 2.45) is 11.3 Å². The number of fused-ring (bicyclic) bond motifs is 2. The molecule has 3 rings (SSSR count). The van der Waals surface area contributed by atoms with E-state index in [1.54, 1.807) is 0 Å². The lowest BCUT2D eigenvalue weighted by atomic mass is 9.81. The Bertz CT molecular complexity index is 615. The van der Waals surface area contributed by atoms with E-state index in [0.29, 0.717) is 19.7 Å². The minimum absolute atomic E-state index is 0.0773. The molecule has 0 aromatic carbocycles. The second kappa shape index (κ2) is 8.39.